The molecule has 108 valence electrons. The smallest absolute Gasteiger partial charge is 0.303 e. The third kappa shape index (κ3) is 24.2. The molecule has 0 saturated carbocycles. The van der Waals surface area contributed by atoms with Crippen molar-refractivity contribution < 1.29 is 14.7 Å². The highest BCUT2D eigenvalue weighted by Crippen LogP contribution is 1.98. The molecule has 0 aromatic heterocycles. The van der Waals surface area contributed by atoms with Crippen LogP contribution < -0.4 is 17.2 Å². The molecule has 18 heavy (non-hydrogen) atoms. The normalized spacial score (nSPS) is 9.44. The number of nitrogens with two attached hydrogens (primary N) is 3. The summed E-state index contributed by atoms with van der Waals surface area (Å²) >= 11 is 0. The van der Waals surface area contributed by atoms with E-state index in [-0.39, 0.29) is 18.7 Å². The summed E-state index contributed by atoms with van der Waals surface area (Å²) in [6.45, 7) is 1.65. The number of rotatable bonds is 10. The van der Waals surface area contributed by atoms with Crippen molar-refractivity contribution in [2.75, 3.05) is 13.1 Å². The van der Waals surface area contributed by atoms with E-state index in [9.17, 15) is 9.59 Å². The third-order valence-corrected chi connectivity index (χ3v) is 2.22. The van der Waals surface area contributed by atoms with Crippen molar-refractivity contribution in [1.29, 1.82) is 0 Å². The first-order valence-electron chi connectivity index (χ1n) is 6.44. The van der Waals surface area contributed by atoms with Crippen LogP contribution in [0.2, 0.25) is 0 Å². The summed E-state index contributed by atoms with van der Waals surface area (Å²) in [6, 6.07) is 0. The van der Waals surface area contributed by atoms with Gasteiger partial charge in [-0.3, -0.25) is 9.59 Å². The lowest BCUT2D eigenvalue weighted by molar-refractivity contribution is -0.137. The maximum Gasteiger partial charge on any atom is 0.303 e. The maximum atomic E-state index is 10.1. The van der Waals surface area contributed by atoms with Crippen LogP contribution in [0.3, 0.4) is 0 Å². The summed E-state index contributed by atoms with van der Waals surface area (Å²) in [5.74, 6) is -1.20. The number of aliphatic carboxylic acids is 1. The zero-order valence-corrected chi connectivity index (χ0v) is 11.1. The van der Waals surface area contributed by atoms with Crippen molar-refractivity contribution in [2.45, 2.75) is 51.4 Å². The van der Waals surface area contributed by atoms with E-state index in [0.29, 0.717) is 12.8 Å². The largest absolute Gasteiger partial charge is 0.481 e. The van der Waals surface area contributed by atoms with Gasteiger partial charge in [-0.25, -0.2) is 0 Å². The van der Waals surface area contributed by atoms with Crippen molar-refractivity contribution >= 4 is 11.9 Å². The van der Waals surface area contributed by atoms with Crippen molar-refractivity contribution in [3.05, 3.63) is 0 Å². The van der Waals surface area contributed by atoms with E-state index in [2.05, 4.69) is 0 Å². The number of primary amides is 1. The molecule has 0 heterocycles. The van der Waals surface area contributed by atoms with Crippen LogP contribution in [0.1, 0.15) is 51.4 Å². The lowest BCUT2D eigenvalue weighted by atomic mass is 10.2. The van der Waals surface area contributed by atoms with Gasteiger partial charge in [-0.05, 0) is 38.8 Å². The SMILES string of the molecule is NC(=O)CCCCC(=O)O.NCCCCCCN. The van der Waals surface area contributed by atoms with Crippen LogP contribution >= 0.6 is 0 Å². The van der Waals surface area contributed by atoms with Gasteiger partial charge in [-0.1, -0.05) is 12.8 Å². The molecule has 6 nitrogen and oxygen atoms in total. The van der Waals surface area contributed by atoms with Gasteiger partial charge in [0.15, 0.2) is 0 Å². The molecule has 0 unspecified atom stereocenters. The Morgan fingerprint density at radius 2 is 1.22 bits per heavy atom. The molecular formula is C12H27N3O3. The first kappa shape index (κ1) is 19.2. The van der Waals surface area contributed by atoms with E-state index < -0.39 is 5.97 Å². The van der Waals surface area contributed by atoms with Crippen molar-refractivity contribution in [3.63, 3.8) is 0 Å². The van der Waals surface area contributed by atoms with Gasteiger partial charge in [0, 0.05) is 12.8 Å². The number of unbranched alkanes of at least 4 members (excludes halogenated alkanes) is 4. The van der Waals surface area contributed by atoms with Crippen molar-refractivity contribution in [1.82, 2.24) is 0 Å². The molecule has 0 rings (SSSR count). The number of carbonyl (C=O) groups excluding carboxylic acids is 1. The quantitative estimate of drug-likeness (QED) is 0.427. The standard InChI is InChI=1S/C6H16N2.C6H11NO3/c7-5-3-1-2-4-6-8;7-5(8)3-1-2-4-6(9)10/h1-8H2;1-4H2,(H2,7,8)(H,9,10). The van der Waals surface area contributed by atoms with Crippen molar-refractivity contribution in [3.8, 4) is 0 Å². The summed E-state index contributed by atoms with van der Waals surface area (Å²) in [5, 5.41) is 8.16. The van der Waals surface area contributed by atoms with Crippen LogP contribution in [0.5, 0.6) is 0 Å². The van der Waals surface area contributed by atoms with Crippen LogP contribution in [-0.2, 0) is 9.59 Å². The Morgan fingerprint density at radius 1 is 0.778 bits per heavy atom. The average molecular weight is 261 g/mol. The molecule has 0 spiro atoms. The minimum atomic E-state index is -0.829. The fraction of sp³-hybridized carbons (Fsp3) is 0.833. The van der Waals surface area contributed by atoms with Crippen LogP contribution in [0.25, 0.3) is 0 Å². The Kier molecular flexibility index (Phi) is 16.9. The lowest BCUT2D eigenvalue weighted by Gasteiger charge is -1.94. The van der Waals surface area contributed by atoms with E-state index in [4.69, 9.17) is 22.3 Å². The third-order valence-electron chi connectivity index (χ3n) is 2.22. The molecule has 0 aromatic carbocycles. The highest BCUT2D eigenvalue weighted by molar-refractivity contribution is 5.73. The maximum absolute atomic E-state index is 10.1. The molecule has 0 saturated heterocycles. The molecule has 0 bridgehead atoms. The molecule has 0 fully saturated rings. The molecular weight excluding hydrogens is 234 g/mol. The Balaban J connectivity index is 0. The molecule has 7 N–H and O–H groups in total. The number of hydrogen-bond acceptors (Lipinski definition) is 4. The zero-order valence-electron chi connectivity index (χ0n) is 11.1. The molecule has 0 aliphatic rings. The van der Waals surface area contributed by atoms with Gasteiger partial charge in [-0.15, -0.1) is 0 Å². The van der Waals surface area contributed by atoms with E-state index in [0.717, 1.165) is 25.9 Å². The van der Waals surface area contributed by atoms with E-state index in [1.165, 1.54) is 12.8 Å². The Bertz CT molecular complexity index is 189. The molecule has 0 radical (unpaired) electrons. The summed E-state index contributed by atoms with van der Waals surface area (Å²) in [7, 11) is 0. The molecule has 1 amide bonds. The highest BCUT2D eigenvalue weighted by atomic mass is 16.4. The first-order valence-corrected chi connectivity index (χ1v) is 6.44. The second-order valence-corrected chi connectivity index (χ2v) is 4.06. The second kappa shape index (κ2) is 15.9. The summed E-state index contributed by atoms with van der Waals surface area (Å²) in [4.78, 5) is 20.0. The Hall–Kier alpha value is -1.14. The van der Waals surface area contributed by atoms with E-state index in [1.807, 2.05) is 0 Å². The van der Waals surface area contributed by atoms with Gasteiger partial charge < -0.3 is 22.3 Å². The average Bonchev–Trinajstić information content (AvgIpc) is 2.31. The summed E-state index contributed by atoms with van der Waals surface area (Å²) in [5.41, 5.74) is 15.4. The minimum absolute atomic E-state index is 0.118. The number of carbonyl (C=O) groups is 2. The Labute approximate surface area is 109 Å². The van der Waals surface area contributed by atoms with Crippen LogP contribution in [0.4, 0.5) is 0 Å². The molecule has 0 aliphatic carbocycles. The van der Waals surface area contributed by atoms with E-state index in [1.54, 1.807) is 0 Å². The minimum Gasteiger partial charge on any atom is -0.481 e. The fourth-order valence-electron chi connectivity index (χ4n) is 1.22. The van der Waals surface area contributed by atoms with Gasteiger partial charge in [0.25, 0.3) is 0 Å². The van der Waals surface area contributed by atoms with E-state index >= 15 is 0 Å². The first-order chi connectivity index (χ1) is 8.54. The Morgan fingerprint density at radius 3 is 1.56 bits per heavy atom. The zero-order chi connectivity index (χ0) is 14.2. The lowest BCUT2D eigenvalue weighted by Crippen LogP contribution is -2.09. The van der Waals surface area contributed by atoms with Gasteiger partial charge in [-0.2, -0.15) is 0 Å². The topological polar surface area (TPSA) is 132 Å². The summed E-state index contributed by atoms with van der Waals surface area (Å²) in [6.07, 6.45) is 6.29. The fourth-order valence-corrected chi connectivity index (χ4v) is 1.22. The van der Waals surface area contributed by atoms with Gasteiger partial charge >= 0.3 is 5.97 Å². The van der Waals surface area contributed by atoms with Crippen LogP contribution in [-0.4, -0.2) is 30.1 Å². The number of hydrogen-bond donors (Lipinski definition) is 4. The monoisotopic (exact) mass is 261 g/mol. The van der Waals surface area contributed by atoms with Gasteiger partial charge in [0.2, 0.25) is 5.91 Å². The van der Waals surface area contributed by atoms with Gasteiger partial charge in [0.1, 0.15) is 0 Å². The predicted octanol–water partition coefficient (Wildman–Crippen LogP) is 0.581. The highest BCUT2D eigenvalue weighted by Gasteiger charge is 1.97. The molecule has 0 atom stereocenters. The number of amides is 1. The van der Waals surface area contributed by atoms with Gasteiger partial charge in [0.05, 0.1) is 0 Å². The second-order valence-electron chi connectivity index (χ2n) is 4.06. The number of carboxylic acids is 1. The summed E-state index contributed by atoms with van der Waals surface area (Å²) < 4.78 is 0. The molecule has 0 aliphatic heterocycles. The number of carboxylic acid groups (broad SMARTS) is 1. The predicted molar refractivity (Wildman–Crippen MR) is 71.9 cm³/mol. The molecule has 0 aromatic rings. The molecule has 6 heteroatoms. The van der Waals surface area contributed by atoms with Crippen LogP contribution in [0.15, 0.2) is 0 Å². The van der Waals surface area contributed by atoms with Crippen molar-refractivity contribution in [2.24, 2.45) is 17.2 Å². The van der Waals surface area contributed by atoms with Crippen LogP contribution in [0, 0.1) is 0 Å².